The highest BCUT2D eigenvalue weighted by atomic mass is 19.4. The van der Waals surface area contributed by atoms with E-state index in [0.717, 1.165) is 31.7 Å². The van der Waals surface area contributed by atoms with Gasteiger partial charge in [0.25, 0.3) is 0 Å². The van der Waals surface area contributed by atoms with Crippen LogP contribution < -0.4 is 16.4 Å². The first-order valence-corrected chi connectivity index (χ1v) is 9.72. The Morgan fingerprint density at radius 1 is 1.18 bits per heavy atom. The average Bonchev–Trinajstić information content (AvgIpc) is 3.53. The number of aliphatic imine (C=N–C) groups is 2. The summed E-state index contributed by atoms with van der Waals surface area (Å²) in [6, 6.07) is 3.86. The van der Waals surface area contributed by atoms with E-state index in [1.54, 1.807) is 0 Å². The second-order valence-electron chi connectivity index (χ2n) is 8.12. The molecule has 6 nitrogen and oxygen atoms in total. The molecule has 4 N–H and O–H groups in total. The summed E-state index contributed by atoms with van der Waals surface area (Å²) in [5.74, 6) is 0.507. The van der Waals surface area contributed by atoms with E-state index in [9.17, 15) is 13.2 Å². The van der Waals surface area contributed by atoms with Crippen molar-refractivity contribution in [2.75, 3.05) is 0 Å². The molecule has 3 atom stereocenters. The normalized spacial score (nSPS) is 28.9. The van der Waals surface area contributed by atoms with Crippen LogP contribution in [0.3, 0.4) is 0 Å². The summed E-state index contributed by atoms with van der Waals surface area (Å²) in [6.07, 6.45) is -0.0949. The Labute approximate surface area is 161 Å². The minimum absolute atomic E-state index is 0.0110. The van der Waals surface area contributed by atoms with Crippen LogP contribution in [0.25, 0.3) is 0 Å². The third kappa shape index (κ3) is 3.99. The number of hydrogen-bond acceptors (Lipinski definition) is 4. The van der Waals surface area contributed by atoms with Crippen molar-refractivity contribution in [3.63, 3.8) is 0 Å². The summed E-state index contributed by atoms with van der Waals surface area (Å²) in [7, 11) is 0. The lowest BCUT2D eigenvalue weighted by Gasteiger charge is -2.38. The van der Waals surface area contributed by atoms with Crippen LogP contribution in [0, 0.1) is 17.8 Å². The molecule has 0 amide bonds. The zero-order valence-electron chi connectivity index (χ0n) is 15.9. The van der Waals surface area contributed by atoms with E-state index in [1.807, 2.05) is 13.8 Å². The van der Waals surface area contributed by atoms with Gasteiger partial charge in [-0.3, -0.25) is 5.73 Å². The molecule has 2 heterocycles. The van der Waals surface area contributed by atoms with Crippen molar-refractivity contribution in [2.45, 2.75) is 57.5 Å². The van der Waals surface area contributed by atoms with E-state index in [-0.39, 0.29) is 23.5 Å². The Balaban J connectivity index is 1.70. The Morgan fingerprint density at radius 3 is 2.46 bits per heavy atom. The maximum absolute atomic E-state index is 13.1. The molecule has 4 rings (SSSR count). The summed E-state index contributed by atoms with van der Waals surface area (Å²) in [6.45, 7) is 4.04. The van der Waals surface area contributed by atoms with Gasteiger partial charge in [0.2, 0.25) is 0 Å². The zero-order chi connectivity index (χ0) is 20.1. The molecule has 0 aromatic carbocycles. The van der Waals surface area contributed by atoms with Crippen molar-refractivity contribution in [2.24, 2.45) is 33.5 Å². The lowest BCUT2D eigenvalue weighted by Crippen LogP contribution is -2.67. The number of aromatic nitrogens is 1. The number of guanidine groups is 1. The van der Waals surface area contributed by atoms with Gasteiger partial charge in [-0.2, -0.15) is 13.2 Å². The predicted molar refractivity (Wildman–Crippen MR) is 100 cm³/mol. The Morgan fingerprint density at radius 2 is 1.86 bits per heavy atom. The van der Waals surface area contributed by atoms with Gasteiger partial charge >= 0.3 is 6.18 Å². The van der Waals surface area contributed by atoms with Crippen LogP contribution in [0.5, 0.6) is 0 Å². The van der Waals surface area contributed by atoms with Crippen molar-refractivity contribution < 1.29 is 13.2 Å². The molecular formula is C19H25F3N6. The molecule has 1 aromatic rings. The number of halogens is 3. The fraction of sp³-hybridized carbons (Fsp3) is 0.632. The van der Waals surface area contributed by atoms with E-state index in [1.165, 1.54) is 12.1 Å². The summed E-state index contributed by atoms with van der Waals surface area (Å²) in [4.78, 5) is 13.0. The molecule has 2 aliphatic carbocycles. The second-order valence-corrected chi connectivity index (χ2v) is 8.12. The molecule has 28 heavy (non-hydrogen) atoms. The van der Waals surface area contributed by atoms with Crippen molar-refractivity contribution in [1.82, 2.24) is 15.6 Å². The summed E-state index contributed by atoms with van der Waals surface area (Å²) in [5, 5.41) is 6.20. The lowest BCUT2D eigenvalue weighted by molar-refractivity contribution is -0.141. The molecule has 1 aromatic heterocycles. The number of pyridine rings is 1. The van der Waals surface area contributed by atoms with Gasteiger partial charge < -0.3 is 10.6 Å². The van der Waals surface area contributed by atoms with Crippen molar-refractivity contribution in [3.8, 4) is 0 Å². The molecule has 9 heteroatoms. The molecule has 3 aliphatic rings. The summed E-state index contributed by atoms with van der Waals surface area (Å²) >= 11 is 0. The van der Waals surface area contributed by atoms with Gasteiger partial charge in [0.15, 0.2) is 17.6 Å². The highest BCUT2D eigenvalue weighted by Gasteiger charge is 2.45. The largest absolute Gasteiger partial charge is 0.433 e. The van der Waals surface area contributed by atoms with E-state index in [2.05, 4.69) is 25.6 Å². The number of hydrogen-bond donors (Lipinski definition) is 3. The number of rotatable bonds is 5. The monoisotopic (exact) mass is 394 g/mol. The van der Waals surface area contributed by atoms with Gasteiger partial charge in [0, 0.05) is 5.92 Å². The maximum atomic E-state index is 13.1. The molecule has 0 saturated heterocycles. The minimum atomic E-state index is -4.53. The van der Waals surface area contributed by atoms with Crippen molar-refractivity contribution in [1.29, 1.82) is 0 Å². The molecule has 0 spiro atoms. The van der Waals surface area contributed by atoms with Crippen LogP contribution >= 0.6 is 0 Å². The van der Waals surface area contributed by atoms with Gasteiger partial charge in [-0.05, 0) is 56.6 Å². The lowest BCUT2D eigenvalue weighted by atomic mass is 9.97. The van der Waals surface area contributed by atoms with Crippen molar-refractivity contribution in [3.05, 3.63) is 29.6 Å². The predicted octanol–water partition coefficient (Wildman–Crippen LogP) is 2.85. The minimum Gasteiger partial charge on any atom is -0.319 e. The van der Waals surface area contributed by atoms with E-state index >= 15 is 0 Å². The topological polar surface area (TPSA) is 87.7 Å². The van der Waals surface area contributed by atoms with Crippen LogP contribution in [-0.2, 0) is 6.18 Å². The number of nitrogens with one attached hydrogen (secondary N) is 2. The van der Waals surface area contributed by atoms with Crippen LogP contribution in [0.1, 0.15) is 50.9 Å². The Kier molecular flexibility index (Phi) is 4.60. The van der Waals surface area contributed by atoms with E-state index in [4.69, 9.17) is 5.73 Å². The first kappa shape index (κ1) is 19.2. The zero-order valence-corrected chi connectivity index (χ0v) is 15.9. The van der Waals surface area contributed by atoms with Crippen LogP contribution in [-0.4, -0.2) is 28.6 Å². The van der Waals surface area contributed by atoms with Crippen LogP contribution in [0.4, 0.5) is 13.2 Å². The van der Waals surface area contributed by atoms with Gasteiger partial charge in [0.05, 0.1) is 6.04 Å². The average molecular weight is 394 g/mol. The number of alkyl halides is 3. The highest BCUT2D eigenvalue weighted by Crippen LogP contribution is 2.41. The van der Waals surface area contributed by atoms with E-state index in [0.29, 0.717) is 17.8 Å². The molecule has 2 saturated carbocycles. The highest BCUT2D eigenvalue weighted by molar-refractivity contribution is 6.09. The Bertz CT molecular complexity index is 812. The second kappa shape index (κ2) is 6.72. The van der Waals surface area contributed by atoms with Gasteiger partial charge in [-0.1, -0.05) is 13.0 Å². The fourth-order valence-corrected chi connectivity index (χ4v) is 3.54. The SMILES string of the molecule is C[C@H](N=C1NC(c2cccc(C(F)(F)F)n2)=NC(N)([C@H](C)C2CC2)N1)C1CC1. The third-order valence-corrected chi connectivity index (χ3v) is 5.79. The molecule has 152 valence electrons. The molecule has 1 aliphatic heterocycles. The summed E-state index contributed by atoms with van der Waals surface area (Å²) in [5.41, 5.74) is 5.72. The van der Waals surface area contributed by atoms with Crippen LogP contribution in [0.2, 0.25) is 0 Å². The third-order valence-electron chi connectivity index (χ3n) is 5.79. The number of nitrogens with two attached hydrogens (primary N) is 1. The van der Waals surface area contributed by atoms with Crippen molar-refractivity contribution >= 4 is 11.8 Å². The first-order chi connectivity index (χ1) is 13.2. The van der Waals surface area contributed by atoms with Crippen LogP contribution in [0.15, 0.2) is 28.2 Å². The van der Waals surface area contributed by atoms with E-state index < -0.39 is 17.7 Å². The smallest absolute Gasteiger partial charge is 0.319 e. The molecular weight excluding hydrogens is 369 g/mol. The molecule has 2 fully saturated rings. The standard InChI is InChI=1S/C19H25F3N6/c1-10(12-6-7-12)19(23)27-16(14-4-3-5-15(25-14)18(20,21)22)26-17(28-19)24-11(2)13-8-9-13/h3-5,10-13H,6-9,23H2,1-2H3,(H2,24,26,27,28)/t10-,11+,19?/m1/s1. The number of amidine groups is 1. The van der Waals surface area contributed by atoms with Gasteiger partial charge in [-0.15, -0.1) is 0 Å². The van der Waals surface area contributed by atoms with Gasteiger partial charge in [-0.25, -0.2) is 15.0 Å². The molecule has 1 unspecified atom stereocenters. The Hall–Kier alpha value is -2.16. The quantitative estimate of drug-likeness (QED) is 0.717. The number of nitrogens with zero attached hydrogens (tertiary/aromatic N) is 3. The summed E-state index contributed by atoms with van der Waals surface area (Å²) < 4.78 is 39.3. The maximum Gasteiger partial charge on any atom is 0.433 e. The molecule has 0 radical (unpaired) electrons. The first-order valence-electron chi connectivity index (χ1n) is 9.72. The van der Waals surface area contributed by atoms with Gasteiger partial charge in [0.1, 0.15) is 11.4 Å². The molecule has 0 bridgehead atoms. The fourth-order valence-electron chi connectivity index (χ4n) is 3.54.